The molecule has 0 bridgehead atoms. The molecule has 0 aromatic carbocycles. The number of carbonyl (C=O) groups is 1. The van der Waals surface area contributed by atoms with Crippen LogP contribution in [-0.2, 0) is 4.74 Å². The predicted molar refractivity (Wildman–Crippen MR) is 95.1 cm³/mol. The summed E-state index contributed by atoms with van der Waals surface area (Å²) in [5.41, 5.74) is -0.636. The van der Waals surface area contributed by atoms with Crippen molar-refractivity contribution in [2.75, 3.05) is 5.32 Å². The highest BCUT2D eigenvalue weighted by molar-refractivity contribution is 6.30. The molecule has 0 aliphatic heterocycles. The minimum atomic E-state index is -0.675. The molecular formula is C17H24ClFN4O2. The summed E-state index contributed by atoms with van der Waals surface area (Å²) in [6, 6.07) is 2.18. The van der Waals surface area contributed by atoms with E-state index < -0.39 is 17.5 Å². The average Bonchev–Trinajstić information content (AvgIpc) is 2.47. The molecule has 0 radical (unpaired) electrons. The van der Waals surface area contributed by atoms with Crippen LogP contribution in [0.25, 0.3) is 0 Å². The van der Waals surface area contributed by atoms with Gasteiger partial charge in [0.2, 0.25) is 0 Å². The van der Waals surface area contributed by atoms with Gasteiger partial charge in [-0.25, -0.2) is 14.2 Å². The SMILES string of the molecule is CCC[C@@H](Nc1nc(Cl)c(C#N)cc1F)[C@H](C)NC(=O)OC(C)(C)C. The van der Waals surface area contributed by atoms with Gasteiger partial charge in [-0.05, 0) is 40.2 Å². The van der Waals surface area contributed by atoms with Crippen molar-refractivity contribution >= 4 is 23.5 Å². The maximum atomic E-state index is 14.1. The Morgan fingerprint density at radius 1 is 1.52 bits per heavy atom. The van der Waals surface area contributed by atoms with E-state index in [4.69, 9.17) is 21.6 Å². The number of pyridine rings is 1. The first-order chi connectivity index (χ1) is 11.6. The van der Waals surface area contributed by atoms with Gasteiger partial charge in [-0.15, -0.1) is 0 Å². The number of nitriles is 1. The van der Waals surface area contributed by atoms with Crippen LogP contribution in [0.5, 0.6) is 0 Å². The van der Waals surface area contributed by atoms with Gasteiger partial charge in [0.15, 0.2) is 11.6 Å². The zero-order chi connectivity index (χ0) is 19.2. The number of hydrogen-bond donors (Lipinski definition) is 2. The fraction of sp³-hybridized carbons (Fsp3) is 0.588. The standard InChI is InChI=1S/C17H24ClFN4O2/c1-6-7-13(10(2)21-16(24)25-17(3,4)5)22-15-12(19)8-11(9-20)14(18)23-15/h8,10,13H,6-7H2,1-5H3,(H,21,24)(H,22,23)/t10-,13+/m0/s1. The van der Waals surface area contributed by atoms with Gasteiger partial charge >= 0.3 is 6.09 Å². The fourth-order valence-corrected chi connectivity index (χ4v) is 2.36. The Bertz CT molecular complexity index is 655. The summed E-state index contributed by atoms with van der Waals surface area (Å²) in [4.78, 5) is 15.8. The molecule has 8 heteroatoms. The molecule has 1 aromatic rings. The van der Waals surface area contributed by atoms with E-state index in [1.807, 2.05) is 6.92 Å². The topological polar surface area (TPSA) is 87.0 Å². The summed E-state index contributed by atoms with van der Waals surface area (Å²) in [5.74, 6) is -0.730. The van der Waals surface area contributed by atoms with Crippen molar-refractivity contribution in [3.8, 4) is 6.07 Å². The van der Waals surface area contributed by atoms with Crippen molar-refractivity contribution in [1.29, 1.82) is 5.26 Å². The smallest absolute Gasteiger partial charge is 0.407 e. The minimum absolute atomic E-state index is 0.0308. The largest absolute Gasteiger partial charge is 0.444 e. The van der Waals surface area contributed by atoms with E-state index in [0.717, 1.165) is 12.5 Å². The average molecular weight is 371 g/mol. The third kappa shape index (κ3) is 6.75. The molecule has 0 aliphatic carbocycles. The van der Waals surface area contributed by atoms with Crippen molar-refractivity contribution in [3.63, 3.8) is 0 Å². The molecule has 1 aromatic heterocycles. The van der Waals surface area contributed by atoms with E-state index >= 15 is 0 Å². The van der Waals surface area contributed by atoms with Crippen LogP contribution in [0.15, 0.2) is 6.07 Å². The normalized spacial score (nSPS) is 13.5. The number of hydrogen-bond acceptors (Lipinski definition) is 5. The number of alkyl carbamates (subject to hydrolysis) is 1. The number of anilines is 1. The van der Waals surface area contributed by atoms with E-state index in [9.17, 15) is 9.18 Å². The first-order valence-corrected chi connectivity index (χ1v) is 8.47. The van der Waals surface area contributed by atoms with E-state index in [1.54, 1.807) is 33.8 Å². The molecule has 0 saturated carbocycles. The second-order valence-corrected chi connectivity index (χ2v) is 7.10. The second-order valence-electron chi connectivity index (χ2n) is 6.74. The number of nitrogens with one attached hydrogen (secondary N) is 2. The Morgan fingerprint density at radius 3 is 2.68 bits per heavy atom. The lowest BCUT2D eigenvalue weighted by atomic mass is 10.0. The number of amides is 1. The highest BCUT2D eigenvalue weighted by Crippen LogP contribution is 2.21. The van der Waals surface area contributed by atoms with Gasteiger partial charge < -0.3 is 15.4 Å². The monoisotopic (exact) mass is 370 g/mol. The van der Waals surface area contributed by atoms with Gasteiger partial charge in [0.25, 0.3) is 0 Å². The molecule has 0 spiro atoms. The number of nitrogens with zero attached hydrogens (tertiary/aromatic N) is 2. The second kappa shape index (κ2) is 8.86. The first-order valence-electron chi connectivity index (χ1n) is 8.09. The zero-order valence-electron chi connectivity index (χ0n) is 15.1. The van der Waals surface area contributed by atoms with Crippen LogP contribution in [0.1, 0.15) is 53.0 Å². The van der Waals surface area contributed by atoms with Gasteiger partial charge in [0, 0.05) is 12.1 Å². The Morgan fingerprint density at radius 2 is 2.16 bits per heavy atom. The van der Waals surface area contributed by atoms with Crippen LogP contribution >= 0.6 is 11.6 Å². The minimum Gasteiger partial charge on any atom is -0.444 e. The van der Waals surface area contributed by atoms with E-state index in [2.05, 4.69) is 15.6 Å². The summed E-state index contributed by atoms with van der Waals surface area (Å²) in [5, 5.41) is 14.5. The molecule has 6 nitrogen and oxygen atoms in total. The van der Waals surface area contributed by atoms with Crippen LogP contribution in [0.4, 0.5) is 15.0 Å². The zero-order valence-corrected chi connectivity index (χ0v) is 15.9. The molecule has 0 saturated heterocycles. The van der Waals surface area contributed by atoms with Gasteiger partial charge in [0.05, 0.1) is 5.56 Å². The quantitative estimate of drug-likeness (QED) is 0.731. The molecule has 0 aliphatic rings. The maximum Gasteiger partial charge on any atom is 0.407 e. The van der Waals surface area contributed by atoms with Crippen LogP contribution in [0, 0.1) is 17.1 Å². The van der Waals surface area contributed by atoms with Crippen molar-refractivity contribution in [2.24, 2.45) is 0 Å². The maximum absolute atomic E-state index is 14.1. The van der Waals surface area contributed by atoms with Crippen LogP contribution in [0.3, 0.4) is 0 Å². The molecule has 2 atom stereocenters. The lowest BCUT2D eigenvalue weighted by molar-refractivity contribution is 0.0502. The number of ether oxygens (including phenoxy) is 1. The highest BCUT2D eigenvalue weighted by atomic mass is 35.5. The molecule has 1 amide bonds. The van der Waals surface area contributed by atoms with Crippen molar-refractivity contribution in [3.05, 3.63) is 22.6 Å². The summed E-state index contributed by atoms with van der Waals surface area (Å²) in [7, 11) is 0. The molecule has 1 heterocycles. The summed E-state index contributed by atoms with van der Waals surface area (Å²) in [6.45, 7) is 9.09. The molecule has 25 heavy (non-hydrogen) atoms. The first kappa shape index (κ1) is 21.0. The summed E-state index contributed by atoms with van der Waals surface area (Å²) in [6.07, 6.45) is 0.925. The molecule has 2 N–H and O–H groups in total. The molecule has 0 unspecified atom stereocenters. The van der Waals surface area contributed by atoms with Gasteiger partial charge in [-0.1, -0.05) is 24.9 Å². The van der Waals surface area contributed by atoms with E-state index in [-0.39, 0.29) is 28.6 Å². The number of carbonyl (C=O) groups excluding carboxylic acids is 1. The Hall–Kier alpha value is -2.07. The van der Waals surface area contributed by atoms with Gasteiger partial charge in [-0.2, -0.15) is 5.26 Å². The number of halogens is 2. The highest BCUT2D eigenvalue weighted by Gasteiger charge is 2.24. The van der Waals surface area contributed by atoms with E-state index in [1.165, 1.54) is 0 Å². The van der Waals surface area contributed by atoms with Crippen LogP contribution in [-0.4, -0.2) is 28.8 Å². The third-order valence-corrected chi connectivity index (χ3v) is 3.61. The number of rotatable bonds is 6. The van der Waals surface area contributed by atoms with Crippen molar-refractivity contribution < 1.29 is 13.9 Å². The van der Waals surface area contributed by atoms with Gasteiger partial charge in [0.1, 0.15) is 16.8 Å². The lowest BCUT2D eigenvalue weighted by Crippen LogP contribution is -2.46. The Balaban J connectivity index is 2.88. The Labute approximate surface area is 152 Å². The fourth-order valence-electron chi connectivity index (χ4n) is 2.17. The third-order valence-electron chi connectivity index (χ3n) is 3.32. The van der Waals surface area contributed by atoms with Gasteiger partial charge in [-0.3, -0.25) is 0 Å². The van der Waals surface area contributed by atoms with E-state index in [0.29, 0.717) is 6.42 Å². The summed E-state index contributed by atoms with van der Waals surface area (Å²) >= 11 is 5.87. The Kier molecular flexibility index (Phi) is 7.43. The summed E-state index contributed by atoms with van der Waals surface area (Å²) < 4.78 is 19.4. The van der Waals surface area contributed by atoms with Crippen LogP contribution < -0.4 is 10.6 Å². The van der Waals surface area contributed by atoms with Crippen molar-refractivity contribution in [2.45, 2.75) is 65.1 Å². The molecular weight excluding hydrogens is 347 g/mol. The predicted octanol–water partition coefficient (Wildman–Crippen LogP) is 4.24. The van der Waals surface area contributed by atoms with Crippen molar-refractivity contribution in [1.82, 2.24) is 10.3 Å². The lowest BCUT2D eigenvalue weighted by Gasteiger charge is -2.28. The molecule has 0 fully saturated rings. The number of aromatic nitrogens is 1. The molecule has 138 valence electrons. The van der Waals surface area contributed by atoms with Crippen LogP contribution in [0.2, 0.25) is 5.15 Å². The molecule has 1 rings (SSSR count).